The molecule has 0 bridgehead atoms. The molecular weight excluding hydrogens is 322 g/mol. The van der Waals surface area contributed by atoms with Crippen LogP contribution in [-0.2, 0) is 6.54 Å². The normalized spacial score (nSPS) is 16.8. The number of nitrogens with zero attached hydrogens (tertiary/aromatic N) is 3. The van der Waals surface area contributed by atoms with E-state index < -0.39 is 0 Å². The van der Waals surface area contributed by atoms with E-state index in [2.05, 4.69) is 55.0 Å². The second-order valence-electron chi connectivity index (χ2n) is 4.67. The summed E-state index contributed by atoms with van der Waals surface area (Å²) >= 11 is 5.35. The Hall–Kier alpha value is -0.910. The van der Waals surface area contributed by atoms with Crippen molar-refractivity contribution in [1.29, 1.82) is 0 Å². The lowest BCUT2D eigenvalue weighted by Gasteiger charge is -2.34. The Morgan fingerprint density at radius 2 is 1.95 bits per heavy atom. The fourth-order valence-electron chi connectivity index (χ4n) is 2.34. The summed E-state index contributed by atoms with van der Waals surface area (Å²) in [7, 11) is 0. The highest BCUT2D eigenvalue weighted by Gasteiger charge is 2.18. The first-order chi connectivity index (χ1) is 9.33. The lowest BCUT2D eigenvalue weighted by Crippen LogP contribution is -2.45. The molecule has 5 heteroatoms. The third-order valence-corrected chi connectivity index (χ3v) is 5.02. The molecule has 2 heterocycles. The van der Waals surface area contributed by atoms with Crippen molar-refractivity contribution in [2.75, 3.05) is 31.1 Å². The fraction of sp³-hybridized carbons (Fsp3) is 0.357. The SMILES string of the molecule is Brc1ccccc1CN1CCN(c2nccs2)CC1. The van der Waals surface area contributed by atoms with Crippen molar-refractivity contribution in [3.8, 4) is 0 Å². The molecule has 19 heavy (non-hydrogen) atoms. The molecule has 1 fully saturated rings. The summed E-state index contributed by atoms with van der Waals surface area (Å²) in [6.45, 7) is 5.35. The molecule has 0 unspecified atom stereocenters. The number of hydrogen-bond acceptors (Lipinski definition) is 4. The molecule has 1 aromatic heterocycles. The summed E-state index contributed by atoms with van der Waals surface area (Å²) in [6.07, 6.45) is 1.88. The number of aromatic nitrogens is 1. The molecular formula is C14H16BrN3S. The molecule has 0 atom stereocenters. The Morgan fingerprint density at radius 3 is 2.63 bits per heavy atom. The van der Waals surface area contributed by atoms with Gasteiger partial charge in [-0.15, -0.1) is 11.3 Å². The minimum Gasteiger partial charge on any atom is -0.346 e. The van der Waals surface area contributed by atoms with Crippen molar-refractivity contribution >= 4 is 32.4 Å². The molecule has 3 nitrogen and oxygen atoms in total. The zero-order chi connectivity index (χ0) is 13.1. The van der Waals surface area contributed by atoms with Crippen molar-refractivity contribution < 1.29 is 0 Å². The minimum absolute atomic E-state index is 1.02. The van der Waals surface area contributed by atoms with E-state index in [1.165, 1.54) is 10.0 Å². The number of anilines is 1. The Balaban J connectivity index is 1.57. The highest BCUT2D eigenvalue weighted by Crippen LogP contribution is 2.21. The van der Waals surface area contributed by atoms with Crippen molar-refractivity contribution in [2.45, 2.75) is 6.54 Å². The smallest absolute Gasteiger partial charge is 0.185 e. The van der Waals surface area contributed by atoms with Crippen LogP contribution in [0.1, 0.15) is 5.56 Å². The van der Waals surface area contributed by atoms with Crippen LogP contribution in [0.15, 0.2) is 40.3 Å². The number of benzene rings is 1. The van der Waals surface area contributed by atoms with Crippen LogP contribution in [0.5, 0.6) is 0 Å². The quantitative estimate of drug-likeness (QED) is 0.857. The first-order valence-electron chi connectivity index (χ1n) is 6.43. The van der Waals surface area contributed by atoms with Gasteiger partial charge in [0.15, 0.2) is 5.13 Å². The maximum absolute atomic E-state index is 4.38. The van der Waals surface area contributed by atoms with E-state index in [-0.39, 0.29) is 0 Å². The van der Waals surface area contributed by atoms with Crippen LogP contribution < -0.4 is 4.90 Å². The largest absolute Gasteiger partial charge is 0.346 e. The Labute approximate surface area is 126 Å². The molecule has 100 valence electrons. The first kappa shape index (κ1) is 13.1. The lowest BCUT2D eigenvalue weighted by molar-refractivity contribution is 0.249. The summed E-state index contributed by atoms with van der Waals surface area (Å²) in [4.78, 5) is 9.26. The van der Waals surface area contributed by atoms with Crippen LogP contribution in [0.4, 0.5) is 5.13 Å². The fourth-order valence-corrected chi connectivity index (χ4v) is 3.44. The van der Waals surface area contributed by atoms with Crippen molar-refractivity contribution in [3.05, 3.63) is 45.9 Å². The van der Waals surface area contributed by atoms with Gasteiger partial charge in [-0.1, -0.05) is 34.1 Å². The van der Waals surface area contributed by atoms with Gasteiger partial charge >= 0.3 is 0 Å². The van der Waals surface area contributed by atoms with Crippen molar-refractivity contribution in [3.63, 3.8) is 0 Å². The number of piperazine rings is 1. The maximum atomic E-state index is 4.38. The van der Waals surface area contributed by atoms with Gasteiger partial charge in [0, 0.05) is 48.8 Å². The van der Waals surface area contributed by atoms with Gasteiger partial charge in [-0.05, 0) is 11.6 Å². The number of thiazole rings is 1. The maximum Gasteiger partial charge on any atom is 0.185 e. The molecule has 3 rings (SSSR count). The van der Waals surface area contributed by atoms with Crippen molar-refractivity contribution in [2.24, 2.45) is 0 Å². The van der Waals surface area contributed by atoms with Gasteiger partial charge in [-0.25, -0.2) is 4.98 Å². The van der Waals surface area contributed by atoms with Crippen LogP contribution >= 0.6 is 27.3 Å². The van der Waals surface area contributed by atoms with Crippen LogP contribution in [-0.4, -0.2) is 36.1 Å². The summed E-state index contributed by atoms with van der Waals surface area (Å²) in [5.41, 5.74) is 1.37. The van der Waals surface area contributed by atoms with Gasteiger partial charge in [0.2, 0.25) is 0 Å². The molecule has 2 aromatic rings. The predicted octanol–water partition coefficient (Wildman–Crippen LogP) is 3.23. The second-order valence-corrected chi connectivity index (χ2v) is 6.40. The summed E-state index contributed by atoms with van der Waals surface area (Å²) in [5, 5.41) is 3.20. The molecule has 0 radical (unpaired) electrons. The molecule has 1 aliphatic rings. The minimum atomic E-state index is 1.02. The Morgan fingerprint density at radius 1 is 1.16 bits per heavy atom. The van der Waals surface area contributed by atoms with Gasteiger partial charge < -0.3 is 4.90 Å². The van der Waals surface area contributed by atoms with Gasteiger partial charge in [0.1, 0.15) is 0 Å². The highest BCUT2D eigenvalue weighted by molar-refractivity contribution is 9.10. The molecule has 1 aliphatic heterocycles. The third-order valence-electron chi connectivity index (χ3n) is 3.41. The number of halogens is 1. The Bertz CT molecular complexity index is 521. The van der Waals surface area contributed by atoms with E-state index in [9.17, 15) is 0 Å². The molecule has 0 saturated carbocycles. The molecule has 0 spiro atoms. The monoisotopic (exact) mass is 337 g/mol. The lowest BCUT2D eigenvalue weighted by atomic mass is 10.2. The van der Waals surface area contributed by atoms with E-state index >= 15 is 0 Å². The van der Waals surface area contributed by atoms with E-state index in [0.717, 1.165) is 37.9 Å². The van der Waals surface area contributed by atoms with Gasteiger partial charge in [-0.3, -0.25) is 4.90 Å². The van der Waals surface area contributed by atoms with Gasteiger partial charge in [0.25, 0.3) is 0 Å². The molecule has 1 saturated heterocycles. The van der Waals surface area contributed by atoms with E-state index in [1.54, 1.807) is 11.3 Å². The average Bonchev–Trinajstić information content (AvgIpc) is 2.96. The van der Waals surface area contributed by atoms with E-state index in [4.69, 9.17) is 0 Å². The number of hydrogen-bond donors (Lipinski definition) is 0. The summed E-state index contributed by atoms with van der Waals surface area (Å²) < 4.78 is 1.21. The zero-order valence-corrected chi connectivity index (χ0v) is 13.0. The van der Waals surface area contributed by atoms with Gasteiger partial charge in [-0.2, -0.15) is 0 Å². The van der Waals surface area contributed by atoms with Crippen LogP contribution in [0, 0.1) is 0 Å². The zero-order valence-electron chi connectivity index (χ0n) is 10.6. The number of rotatable bonds is 3. The standard InChI is InChI=1S/C14H16BrN3S/c15-13-4-2-1-3-12(13)11-17-6-8-18(9-7-17)14-16-5-10-19-14/h1-5,10H,6-9,11H2. The van der Waals surface area contributed by atoms with Crippen LogP contribution in [0.3, 0.4) is 0 Å². The highest BCUT2D eigenvalue weighted by atomic mass is 79.9. The predicted molar refractivity (Wildman–Crippen MR) is 83.7 cm³/mol. The molecule has 0 amide bonds. The van der Waals surface area contributed by atoms with Gasteiger partial charge in [0.05, 0.1) is 0 Å². The van der Waals surface area contributed by atoms with Crippen molar-refractivity contribution in [1.82, 2.24) is 9.88 Å². The third kappa shape index (κ3) is 3.16. The summed E-state index contributed by atoms with van der Waals surface area (Å²) in [6, 6.07) is 8.47. The average molecular weight is 338 g/mol. The first-order valence-corrected chi connectivity index (χ1v) is 8.10. The Kier molecular flexibility index (Phi) is 4.15. The molecule has 1 aromatic carbocycles. The van der Waals surface area contributed by atoms with Crippen LogP contribution in [0.2, 0.25) is 0 Å². The van der Waals surface area contributed by atoms with Crippen LogP contribution in [0.25, 0.3) is 0 Å². The van der Waals surface area contributed by atoms with E-state index in [0.29, 0.717) is 0 Å². The molecule has 0 N–H and O–H groups in total. The van der Waals surface area contributed by atoms with E-state index in [1.807, 2.05) is 11.6 Å². The summed E-state index contributed by atoms with van der Waals surface area (Å²) in [5.74, 6) is 0. The molecule has 0 aliphatic carbocycles. The second kappa shape index (κ2) is 6.03. The topological polar surface area (TPSA) is 19.4 Å².